The minimum atomic E-state index is 0.312. The fraction of sp³-hybridized carbons (Fsp3) is 0.917. The summed E-state index contributed by atoms with van der Waals surface area (Å²) in [7, 11) is 0. The summed E-state index contributed by atoms with van der Waals surface area (Å²) in [5.74, 6) is 0.312. The average molecular weight is 210 g/mol. The highest BCUT2D eigenvalue weighted by Crippen LogP contribution is 2.29. The van der Waals surface area contributed by atoms with Gasteiger partial charge in [0.2, 0.25) is 0 Å². The standard InChI is InChI=1S/C12H22N2O/c1-10-9-13(6-5-11(2)15)7-8-14(10)12-3-4-12/h10,12H,3-9H2,1-2H3. The van der Waals surface area contributed by atoms with Crippen molar-refractivity contribution in [1.29, 1.82) is 0 Å². The molecule has 1 saturated carbocycles. The van der Waals surface area contributed by atoms with Crippen LogP contribution in [-0.4, -0.2) is 53.8 Å². The van der Waals surface area contributed by atoms with E-state index in [-0.39, 0.29) is 0 Å². The summed E-state index contributed by atoms with van der Waals surface area (Å²) in [4.78, 5) is 16.0. The molecule has 1 aliphatic heterocycles. The maximum absolute atomic E-state index is 10.9. The predicted octanol–water partition coefficient (Wildman–Crippen LogP) is 1.13. The molecular weight excluding hydrogens is 188 g/mol. The molecule has 2 fully saturated rings. The number of ketones is 1. The third-order valence-corrected chi connectivity index (χ3v) is 3.56. The fourth-order valence-electron chi connectivity index (χ4n) is 2.51. The third kappa shape index (κ3) is 3.02. The van der Waals surface area contributed by atoms with E-state index in [1.54, 1.807) is 6.92 Å². The van der Waals surface area contributed by atoms with E-state index in [4.69, 9.17) is 0 Å². The Balaban J connectivity index is 1.74. The van der Waals surface area contributed by atoms with Crippen LogP contribution in [0.4, 0.5) is 0 Å². The van der Waals surface area contributed by atoms with E-state index in [9.17, 15) is 4.79 Å². The van der Waals surface area contributed by atoms with Gasteiger partial charge in [-0.3, -0.25) is 9.69 Å². The fourth-order valence-corrected chi connectivity index (χ4v) is 2.51. The summed E-state index contributed by atoms with van der Waals surface area (Å²) in [6, 6.07) is 1.56. The van der Waals surface area contributed by atoms with E-state index in [1.807, 2.05) is 0 Å². The van der Waals surface area contributed by atoms with Crippen LogP contribution in [0.15, 0.2) is 0 Å². The normalized spacial score (nSPS) is 29.3. The van der Waals surface area contributed by atoms with Crippen LogP contribution in [-0.2, 0) is 4.79 Å². The Morgan fingerprint density at radius 1 is 1.33 bits per heavy atom. The lowest BCUT2D eigenvalue weighted by Crippen LogP contribution is -2.52. The number of nitrogens with zero attached hydrogens (tertiary/aromatic N) is 2. The Morgan fingerprint density at radius 2 is 2.07 bits per heavy atom. The maximum Gasteiger partial charge on any atom is 0.131 e. The van der Waals surface area contributed by atoms with E-state index in [1.165, 1.54) is 19.4 Å². The first-order valence-corrected chi connectivity index (χ1v) is 6.14. The van der Waals surface area contributed by atoms with Crippen molar-refractivity contribution < 1.29 is 4.79 Å². The second kappa shape index (κ2) is 4.62. The largest absolute Gasteiger partial charge is 0.300 e. The van der Waals surface area contributed by atoms with Crippen molar-refractivity contribution in [3.63, 3.8) is 0 Å². The SMILES string of the molecule is CC(=O)CCN1CCN(C2CC2)C(C)C1. The summed E-state index contributed by atoms with van der Waals surface area (Å²) < 4.78 is 0. The summed E-state index contributed by atoms with van der Waals surface area (Å²) in [5.41, 5.74) is 0. The number of piperazine rings is 1. The highest BCUT2D eigenvalue weighted by molar-refractivity contribution is 5.75. The van der Waals surface area contributed by atoms with Crippen molar-refractivity contribution in [3.8, 4) is 0 Å². The molecule has 1 unspecified atom stereocenters. The number of hydrogen-bond donors (Lipinski definition) is 0. The molecule has 0 aromatic rings. The molecule has 2 rings (SSSR count). The maximum atomic E-state index is 10.9. The topological polar surface area (TPSA) is 23.6 Å². The van der Waals surface area contributed by atoms with Gasteiger partial charge in [-0.25, -0.2) is 0 Å². The highest BCUT2D eigenvalue weighted by atomic mass is 16.1. The molecule has 0 amide bonds. The lowest BCUT2D eigenvalue weighted by molar-refractivity contribution is -0.117. The second-order valence-electron chi connectivity index (χ2n) is 5.07. The number of carbonyl (C=O) groups excluding carboxylic acids is 1. The Labute approximate surface area is 92.4 Å². The number of carbonyl (C=O) groups is 1. The molecule has 3 nitrogen and oxygen atoms in total. The van der Waals surface area contributed by atoms with Gasteiger partial charge >= 0.3 is 0 Å². The molecule has 1 aliphatic carbocycles. The number of hydrogen-bond acceptors (Lipinski definition) is 3. The van der Waals surface area contributed by atoms with Crippen molar-refractivity contribution in [2.45, 2.75) is 45.2 Å². The van der Waals surface area contributed by atoms with Gasteiger partial charge in [0.1, 0.15) is 5.78 Å². The molecule has 1 heterocycles. The summed E-state index contributed by atoms with van der Waals surface area (Å²) >= 11 is 0. The molecule has 3 heteroatoms. The van der Waals surface area contributed by atoms with Crippen molar-refractivity contribution in [3.05, 3.63) is 0 Å². The Morgan fingerprint density at radius 3 is 2.60 bits per heavy atom. The van der Waals surface area contributed by atoms with Crippen molar-refractivity contribution in [2.75, 3.05) is 26.2 Å². The van der Waals surface area contributed by atoms with E-state index >= 15 is 0 Å². The molecule has 86 valence electrons. The molecule has 0 aromatic carbocycles. The first kappa shape index (κ1) is 11.1. The van der Waals surface area contributed by atoms with Gasteiger partial charge < -0.3 is 4.90 Å². The Bertz CT molecular complexity index is 238. The zero-order valence-corrected chi connectivity index (χ0v) is 9.91. The zero-order valence-electron chi connectivity index (χ0n) is 9.91. The molecule has 0 aromatic heterocycles. The Kier molecular flexibility index (Phi) is 3.42. The number of Topliss-reactive ketones (excluding diaryl/α,β-unsaturated/α-hetero) is 1. The summed E-state index contributed by atoms with van der Waals surface area (Å²) in [6.07, 6.45) is 3.52. The summed E-state index contributed by atoms with van der Waals surface area (Å²) in [5, 5.41) is 0. The zero-order chi connectivity index (χ0) is 10.8. The van der Waals surface area contributed by atoms with Crippen LogP contribution in [0.5, 0.6) is 0 Å². The molecule has 0 bridgehead atoms. The van der Waals surface area contributed by atoms with Crippen LogP contribution in [0, 0.1) is 0 Å². The van der Waals surface area contributed by atoms with Gasteiger partial charge in [0.05, 0.1) is 0 Å². The van der Waals surface area contributed by atoms with Crippen molar-refractivity contribution in [2.24, 2.45) is 0 Å². The van der Waals surface area contributed by atoms with Gasteiger partial charge in [-0.2, -0.15) is 0 Å². The quantitative estimate of drug-likeness (QED) is 0.695. The first-order chi connectivity index (χ1) is 7.16. The van der Waals surface area contributed by atoms with Gasteiger partial charge in [-0.15, -0.1) is 0 Å². The second-order valence-corrected chi connectivity index (χ2v) is 5.07. The minimum absolute atomic E-state index is 0.312. The molecule has 15 heavy (non-hydrogen) atoms. The van der Waals surface area contributed by atoms with Crippen LogP contribution < -0.4 is 0 Å². The van der Waals surface area contributed by atoms with Crippen LogP contribution in [0.3, 0.4) is 0 Å². The van der Waals surface area contributed by atoms with E-state index < -0.39 is 0 Å². The van der Waals surface area contributed by atoms with Gasteiger partial charge in [-0.05, 0) is 26.7 Å². The minimum Gasteiger partial charge on any atom is -0.300 e. The molecule has 0 spiro atoms. The monoisotopic (exact) mass is 210 g/mol. The van der Waals surface area contributed by atoms with Gasteiger partial charge in [0.15, 0.2) is 0 Å². The highest BCUT2D eigenvalue weighted by Gasteiger charge is 2.34. The predicted molar refractivity (Wildman–Crippen MR) is 60.9 cm³/mol. The molecule has 2 aliphatic rings. The van der Waals surface area contributed by atoms with Crippen LogP contribution in [0.2, 0.25) is 0 Å². The molecule has 1 saturated heterocycles. The molecular formula is C12H22N2O. The van der Waals surface area contributed by atoms with Gasteiger partial charge in [-0.1, -0.05) is 0 Å². The van der Waals surface area contributed by atoms with Crippen molar-refractivity contribution >= 4 is 5.78 Å². The van der Waals surface area contributed by atoms with Crippen LogP contribution in [0.25, 0.3) is 0 Å². The average Bonchev–Trinajstić information content (AvgIpc) is 2.98. The molecule has 0 radical (unpaired) electrons. The molecule has 0 N–H and O–H groups in total. The smallest absolute Gasteiger partial charge is 0.131 e. The molecule has 1 atom stereocenters. The van der Waals surface area contributed by atoms with E-state index in [0.29, 0.717) is 11.8 Å². The first-order valence-electron chi connectivity index (χ1n) is 6.14. The van der Waals surface area contributed by atoms with Crippen LogP contribution in [0.1, 0.15) is 33.1 Å². The lowest BCUT2D eigenvalue weighted by atomic mass is 10.1. The van der Waals surface area contributed by atoms with E-state index in [0.717, 1.165) is 32.1 Å². The van der Waals surface area contributed by atoms with Crippen molar-refractivity contribution in [1.82, 2.24) is 9.80 Å². The van der Waals surface area contributed by atoms with E-state index in [2.05, 4.69) is 16.7 Å². The third-order valence-electron chi connectivity index (χ3n) is 3.56. The van der Waals surface area contributed by atoms with Crippen LogP contribution >= 0.6 is 0 Å². The Hall–Kier alpha value is -0.410. The number of rotatable bonds is 4. The van der Waals surface area contributed by atoms with Gasteiger partial charge in [0.25, 0.3) is 0 Å². The summed E-state index contributed by atoms with van der Waals surface area (Å²) in [6.45, 7) is 8.45. The lowest BCUT2D eigenvalue weighted by Gasteiger charge is -2.40. The van der Waals surface area contributed by atoms with Gasteiger partial charge in [0, 0.05) is 44.7 Å².